The second-order valence-corrected chi connectivity index (χ2v) is 10.4. The number of aromatic hydroxyl groups is 1. The van der Waals surface area contributed by atoms with Crippen LogP contribution in [0.25, 0.3) is 0 Å². The zero-order valence-corrected chi connectivity index (χ0v) is 23.5. The molecule has 188 valence electrons. The van der Waals surface area contributed by atoms with Crippen molar-refractivity contribution in [1.82, 2.24) is 0 Å². The molecule has 36 heavy (non-hydrogen) atoms. The molecule has 0 bridgehead atoms. The average molecular weight is 635 g/mol. The molecule has 0 aliphatic heterocycles. The quantitative estimate of drug-likeness (QED) is 0.117. The summed E-state index contributed by atoms with van der Waals surface area (Å²) in [6.07, 6.45) is 3.31. The van der Waals surface area contributed by atoms with Crippen LogP contribution < -0.4 is 16.4 Å². The fourth-order valence-corrected chi connectivity index (χ4v) is 4.99. The summed E-state index contributed by atoms with van der Waals surface area (Å²) in [6.45, 7) is 1.78. The first-order valence-corrected chi connectivity index (χ1v) is 13.6. The minimum Gasteiger partial charge on any atom is -0.506 e. The van der Waals surface area contributed by atoms with Gasteiger partial charge in [-0.25, -0.2) is 4.79 Å². The van der Waals surface area contributed by atoms with Gasteiger partial charge in [0.05, 0.1) is 15.8 Å². The Hall–Kier alpha value is -2.95. The van der Waals surface area contributed by atoms with Crippen LogP contribution in [-0.4, -0.2) is 23.4 Å². The summed E-state index contributed by atoms with van der Waals surface area (Å²) >= 11 is 8.33. The second-order valence-electron chi connectivity index (χ2n) is 7.80. The highest BCUT2D eigenvalue weighted by Gasteiger charge is 2.27. The average Bonchev–Trinajstić information content (AvgIpc) is 2.85. The molecule has 3 rings (SSSR count). The highest BCUT2D eigenvalue weighted by Crippen LogP contribution is 2.40. The largest absolute Gasteiger partial charge is 0.506 e. The Bertz CT molecular complexity index is 1270. The van der Waals surface area contributed by atoms with Crippen LogP contribution in [-0.2, 0) is 9.53 Å². The molecule has 0 unspecified atom stereocenters. The Morgan fingerprint density at radius 3 is 2.44 bits per heavy atom. The van der Waals surface area contributed by atoms with E-state index in [0.29, 0.717) is 31.6 Å². The number of carbonyl (C=O) groups excluding carboxylic acids is 2. The smallest absolute Gasteiger partial charge is 0.412 e. The van der Waals surface area contributed by atoms with E-state index < -0.39 is 24.0 Å². The van der Waals surface area contributed by atoms with Crippen molar-refractivity contribution < 1.29 is 19.4 Å². The molecule has 3 aromatic rings. The van der Waals surface area contributed by atoms with Gasteiger partial charge in [-0.2, -0.15) is 0 Å². The van der Waals surface area contributed by atoms with Gasteiger partial charge in [0.2, 0.25) is 5.91 Å². The molecule has 2 amide bonds. The van der Waals surface area contributed by atoms with Crippen molar-refractivity contribution in [2.45, 2.75) is 17.9 Å². The van der Waals surface area contributed by atoms with Crippen molar-refractivity contribution >= 4 is 72.7 Å². The normalized spacial score (nSPS) is 12.7. The maximum Gasteiger partial charge on any atom is 0.412 e. The number of benzene rings is 3. The summed E-state index contributed by atoms with van der Waals surface area (Å²) in [5.74, 6) is -0.945. The van der Waals surface area contributed by atoms with E-state index >= 15 is 0 Å². The van der Waals surface area contributed by atoms with Crippen molar-refractivity contribution in [1.29, 1.82) is 0 Å². The minimum absolute atomic E-state index is 0.0675. The number of ether oxygens (including phenoxy) is 1. The first-order valence-electron chi connectivity index (χ1n) is 10.8. The fraction of sp³-hybridized carbons (Fsp3) is 0.154. The van der Waals surface area contributed by atoms with E-state index in [1.165, 1.54) is 6.08 Å². The van der Waals surface area contributed by atoms with Crippen LogP contribution >= 0.6 is 43.6 Å². The standard InChI is InChI=1S/C26H25Br2N3O4S/c1-15(7-12-23(32)31-22-6-4-3-5-21(22)29)25(19-13-16(27)14-20(28)24(19)33)35-26(34)30-17-8-10-18(36-2)11-9-17/h3-15,25,33H,29H2,1-2H3,(H,30,34)(H,31,32)/b12-7+/t15-,25-/m0/s1. The highest BCUT2D eigenvalue weighted by atomic mass is 79.9. The number of para-hydroxylation sites is 2. The number of anilines is 3. The van der Waals surface area contributed by atoms with Gasteiger partial charge in [0.25, 0.3) is 0 Å². The van der Waals surface area contributed by atoms with Gasteiger partial charge in [-0.3, -0.25) is 10.1 Å². The van der Waals surface area contributed by atoms with Gasteiger partial charge in [-0.1, -0.05) is 41.1 Å². The van der Waals surface area contributed by atoms with Crippen LogP contribution in [0.1, 0.15) is 18.6 Å². The summed E-state index contributed by atoms with van der Waals surface area (Å²) < 4.78 is 6.87. The lowest BCUT2D eigenvalue weighted by atomic mass is 9.96. The molecular weight excluding hydrogens is 610 g/mol. The maximum atomic E-state index is 12.8. The molecule has 0 saturated carbocycles. The molecule has 0 fully saturated rings. The van der Waals surface area contributed by atoms with E-state index in [4.69, 9.17) is 10.5 Å². The Balaban J connectivity index is 1.81. The number of halogens is 2. The topological polar surface area (TPSA) is 114 Å². The van der Waals surface area contributed by atoms with E-state index in [1.807, 2.05) is 18.4 Å². The third-order valence-corrected chi connectivity index (χ3v) is 6.99. The van der Waals surface area contributed by atoms with Gasteiger partial charge < -0.3 is 20.9 Å². The molecule has 0 aliphatic rings. The predicted octanol–water partition coefficient (Wildman–Crippen LogP) is 7.34. The van der Waals surface area contributed by atoms with Gasteiger partial charge in [-0.05, 0) is 76.8 Å². The molecule has 10 heteroatoms. The predicted molar refractivity (Wildman–Crippen MR) is 152 cm³/mol. The number of nitrogen functional groups attached to an aromatic ring is 1. The first-order chi connectivity index (χ1) is 17.2. The second kappa shape index (κ2) is 12.8. The molecule has 3 aromatic carbocycles. The van der Waals surface area contributed by atoms with Crippen LogP contribution in [0, 0.1) is 5.92 Å². The molecule has 0 heterocycles. The van der Waals surface area contributed by atoms with Crippen molar-refractivity contribution in [3.05, 3.63) is 87.3 Å². The number of hydrogen-bond donors (Lipinski definition) is 4. The molecule has 0 aliphatic carbocycles. The molecule has 5 N–H and O–H groups in total. The maximum absolute atomic E-state index is 12.8. The van der Waals surface area contributed by atoms with E-state index in [1.54, 1.807) is 73.3 Å². The van der Waals surface area contributed by atoms with Gasteiger partial charge in [0.15, 0.2) is 0 Å². The first kappa shape index (κ1) is 27.6. The molecule has 0 aromatic heterocycles. The van der Waals surface area contributed by atoms with Gasteiger partial charge in [0.1, 0.15) is 11.9 Å². The number of carbonyl (C=O) groups is 2. The van der Waals surface area contributed by atoms with E-state index in [2.05, 4.69) is 42.5 Å². The van der Waals surface area contributed by atoms with Crippen LogP contribution in [0.5, 0.6) is 5.75 Å². The zero-order chi connectivity index (χ0) is 26.2. The summed E-state index contributed by atoms with van der Waals surface area (Å²) in [6, 6.07) is 17.6. The van der Waals surface area contributed by atoms with Gasteiger partial charge >= 0.3 is 6.09 Å². The minimum atomic E-state index is -0.907. The van der Waals surface area contributed by atoms with Crippen LogP contribution in [0.15, 0.2) is 86.7 Å². The van der Waals surface area contributed by atoms with Crippen LogP contribution in [0.2, 0.25) is 0 Å². The van der Waals surface area contributed by atoms with E-state index in [-0.39, 0.29) is 5.75 Å². The van der Waals surface area contributed by atoms with Crippen molar-refractivity contribution in [2.24, 2.45) is 5.92 Å². The van der Waals surface area contributed by atoms with Crippen molar-refractivity contribution in [3.8, 4) is 5.75 Å². The third kappa shape index (κ3) is 7.52. The van der Waals surface area contributed by atoms with Crippen LogP contribution in [0.3, 0.4) is 0 Å². The lowest BCUT2D eigenvalue weighted by Gasteiger charge is -2.24. The lowest BCUT2D eigenvalue weighted by Crippen LogP contribution is -2.22. The molecule has 7 nitrogen and oxygen atoms in total. The zero-order valence-electron chi connectivity index (χ0n) is 19.5. The molecule has 2 atom stereocenters. The van der Waals surface area contributed by atoms with Gasteiger partial charge in [0, 0.05) is 26.5 Å². The Morgan fingerprint density at radius 2 is 1.78 bits per heavy atom. The Labute approximate surface area is 230 Å². The molecular formula is C26H25Br2N3O4S. The Kier molecular flexibility index (Phi) is 9.86. The summed E-state index contributed by atoms with van der Waals surface area (Å²) in [7, 11) is 0. The summed E-state index contributed by atoms with van der Waals surface area (Å²) in [5.41, 5.74) is 7.76. The SMILES string of the molecule is CSc1ccc(NC(=O)O[C@H](c2cc(Br)cc(Br)c2O)[C@@H](C)/C=C/C(=O)Nc2ccccc2N)cc1. The lowest BCUT2D eigenvalue weighted by molar-refractivity contribution is -0.111. The highest BCUT2D eigenvalue weighted by molar-refractivity contribution is 9.11. The Morgan fingerprint density at radius 1 is 1.08 bits per heavy atom. The molecule has 0 spiro atoms. The monoisotopic (exact) mass is 633 g/mol. The summed E-state index contributed by atoms with van der Waals surface area (Å²) in [5, 5.41) is 16.1. The van der Waals surface area contributed by atoms with E-state index in [9.17, 15) is 14.7 Å². The van der Waals surface area contributed by atoms with Crippen molar-refractivity contribution in [2.75, 3.05) is 22.6 Å². The number of nitrogens with two attached hydrogens (primary N) is 1. The van der Waals surface area contributed by atoms with Crippen LogP contribution in [0.4, 0.5) is 21.9 Å². The number of thioether (sulfide) groups is 1. The summed E-state index contributed by atoms with van der Waals surface area (Å²) in [4.78, 5) is 26.3. The number of nitrogens with one attached hydrogen (secondary N) is 2. The number of phenols is 1. The van der Waals surface area contributed by atoms with E-state index in [0.717, 1.165) is 4.90 Å². The molecule has 0 saturated heterocycles. The fourth-order valence-electron chi connectivity index (χ4n) is 3.32. The molecule has 0 radical (unpaired) electrons. The number of rotatable bonds is 8. The number of phenolic OH excluding ortho intramolecular Hbond substituents is 1. The van der Waals surface area contributed by atoms with Crippen molar-refractivity contribution in [3.63, 3.8) is 0 Å². The number of amides is 2. The van der Waals surface area contributed by atoms with Gasteiger partial charge in [-0.15, -0.1) is 11.8 Å². The third-order valence-electron chi connectivity index (χ3n) is 5.18. The number of hydrogen-bond acceptors (Lipinski definition) is 6.